The summed E-state index contributed by atoms with van der Waals surface area (Å²) in [5.74, 6) is -0.549. The van der Waals surface area contributed by atoms with Gasteiger partial charge in [0.2, 0.25) is 0 Å². The van der Waals surface area contributed by atoms with Crippen LogP contribution in [0.1, 0.15) is 10.5 Å². The van der Waals surface area contributed by atoms with Crippen LogP contribution >= 0.6 is 27.5 Å². The fraction of sp³-hybridized carbons (Fsp3) is 0.182. The summed E-state index contributed by atoms with van der Waals surface area (Å²) in [4.78, 5) is 10.6. The van der Waals surface area contributed by atoms with Crippen LogP contribution in [0.3, 0.4) is 0 Å². The van der Waals surface area contributed by atoms with E-state index >= 15 is 0 Å². The first-order chi connectivity index (χ1) is 9.06. The second-order valence-corrected chi connectivity index (χ2v) is 4.92. The second kappa shape index (κ2) is 6.03. The number of ether oxygens (including phenoxy) is 1. The summed E-state index contributed by atoms with van der Waals surface area (Å²) in [7, 11) is 0. The lowest BCUT2D eigenvalue weighted by atomic mass is 10.3. The van der Waals surface area contributed by atoms with Crippen LogP contribution in [0.25, 0.3) is 0 Å². The molecule has 0 fully saturated rings. The summed E-state index contributed by atoms with van der Waals surface area (Å²) in [5.41, 5.74) is -0.0957. The van der Waals surface area contributed by atoms with Gasteiger partial charge in [-0.15, -0.1) is 5.10 Å². The number of hydrogen-bond donors (Lipinski definition) is 1. The Morgan fingerprint density at radius 1 is 1.53 bits per heavy atom. The average molecular weight is 347 g/mol. The Labute approximate surface area is 122 Å². The molecule has 0 saturated carbocycles. The summed E-state index contributed by atoms with van der Waals surface area (Å²) < 4.78 is 7.74. The highest BCUT2D eigenvalue weighted by Crippen LogP contribution is 2.27. The fourth-order valence-electron chi connectivity index (χ4n) is 1.35. The lowest BCUT2D eigenvalue weighted by Gasteiger charge is -2.07. The largest absolute Gasteiger partial charge is 0.490 e. The number of carbonyl (C=O) groups is 1. The number of nitrogens with zero attached hydrogens (tertiary/aromatic N) is 3. The van der Waals surface area contributed by atoms with E-state index in [0.717, 1.165) is 4.47 Å². The minimum atomic E-state index is -1.11. The fourth-order valence-corrected chi connectivity index (χ4v) is 2.08. The van der Waals surface area contributed by atoms with E-state index in [1.165, 1.54) is 10.9 Å². The van der Waals surface area contributed by atoms with Crippen LogP contribution in [0, 0.1) is 0 Å². The summed E-state index contributed by atoms with van der Waals surface area (Å²) >= 11 is 9.29. The smallest absolute Gasteiger partial charge is 0.358 e. The molecule has 0 amide bonds. The summed E-state index contributed by atoms with van der Waals surface area (Å²) in [5, 5.41) is 16.4. The third kappa shape index (κ3) is 3.68. The van der Waals surface area contributed by atoms with Gasteiger partial charge in [-0.1, -0.05) is 32.7 Å². The number of hydrogen-bond acceptors (Lipinski definition) is 4. The maximum atomic E-state index is 10.6. The predicted molar refractivity (Wildman–Crippen MR) is 71.6 cm³/mol. The number of carboxylic acids is 1. The van der Waals surface area contributed by atoms with Crippen molar-refractivity contribution < 1.29 is 14.6 Å². The van der Waals surface area contributed by atoms with Gasteiger partial charge in [-0.3, -0.25) is 0 Å². The second-order valence-electron chi connectivity index (χ2n) is 3.60. The number of rotatable bonds is 5. The molecular formula is C11H9BrClN3O3. The summed E-state index contributed by atoms with van der Waals surface area (Å²) in [6.07, 6.45) is 1.34. The molecule has 0 radical (unpaired) electrons. The number of halogens is 2. The normalized spacial score (nSPS) is 10.4. The van der Waals surface area contributed by atoms with Crippen molar-refractivity contribution in [1.82, 2.24) is 15.0 Å². The average Bonchev–Trinajstić information content (AvgIpc) is 2.81. The van der Waals surface area contributed by atoms with E-state index in [4.69, 9.17) is 21.4 Å². The Morgan fingerprint density at radius 3 is 2.95 bits per heavy atom. The van der Waals surface area contributed by atoms with E-state index in [1.54, 1.807) is 12.1 Å². The van der Waals surface area contributed by atoms with Gasteiger partial charge in [0.15, 0.2) is 5.69 Å². The molecule has 0 unspecified atom stereocenters. The highest BCUT2D eigenvalue weighted by molar-refractivity contribution is 9.10. The molecule has 0 atom stereocenters. The van der Waals surface area contributed by atoms with E-state index in [0.29, 0.717) is 23.9 Å². The minimum absolute atomic E-state index is 0.0957. The molecule has 6 nitrogen and oxygen atoms in total. The van der Waals surface area contributed by atoms with Gasteiger partial charge in [0, 0.05) is 4.47 Å². The molecule has 2 rings (SSSR count). The van der Waals surface area contributed by atoms with Crippen molar-refractivity contribution in [3.05, 3.63) is 39.6 Å². The molecule has 1 aromatic heterocycles. The Balaban J connectivity index is 1.90. The predicted octanol–water partition coefficient (Wildman–Crippen LogP) is 2.47. The van der Waals surface area contributed by atoms with Crippen LogP contribution in [0.4, 0.5) is 0 Å². The Morgan fingerprint density at radius 2 is 2.32 bits per heavy atom. The van der Waals surface area contributed by atoms with Crippen LogP contribution in [0.5, 0.6) is 5.75 Å². The van der Waals surface area contributed by atoms with Gasteiger partial charge in [0.25, 0.3) is 0 Å². The molecule has 0 aliphatic carbocycles. The molecule has 2 aromatic rings. The molecule has 19 heavy (non-hydrogen) atoms. The zero-order chi connectivity index (χ0) is 13.8. The Hall–Kier alpha value is -1.60. The molecule has 100 valence electrons. The number of aromatic carboxylic acids is 1. The standard InChI is InChI=1S/C11H9BrClN3O3/c12-7-1-2-10(8(13)5-7)19-4-3-16-6-9(11(17)18)14-15-16/h1-2,5-6H,3-4H2,(H,17,18). The quantitative estimate of drug-likeness (QED) is 0.900. The highest BCUT2D eigenvalue weighted by atomic mass is 79.9. The zero-order valence-electron chi connectivity index (χ0n) is 9.58. The van der Waals surface area contributed by atoms with E-state index in [1.807, 2.05) is 6.07 Å². The molecule has 0 aliphatic heterocycles. The molecule has 8 heteroatoms. The first-order valence-electron chi connectivity index (χ1n) is 5.27. The van der Waals surface area contributed by atoms with Crippen molar-refractivity contribution in [3.8, 4) is 5.75 Å². The number of carboxylic acid groups (broad SMARTS) is 1. The van der Waals surface area contributed by atoms with Crippen LogP contribution in [-0.4, -0.2) is 32.7 Å². The number of aromatic nitrogens is 3. The van der Waals surface area contributed by atoms with Crippen molar-refractivity contribution in [2.75, 3.05) is 6.61 Å². The lowest BCUT2D eigenvalue weighted by Crippen LogP contribution is -2.09. The topological polar surface area (TPSA) is 77.2 Å². The van der Waals surface area contributed by atoms with Gasteiger partial charge in [-0.2, -0.15) is 0 Å². The molecule has 0 spiro atoms. The Kier molecular flexibility index (Phi) is 4.39. The molecule has 0 aliphatic rings. The molecule has 1 aromatic carbocycles. The first kappa shape index (κ1) is 13.8. The van der Waals surface area contributed by atoms with Crippen LogP contribution in [0.15, 0.2) is 28.9 Å². The van der Waals surface area contributed by atoms with Gasteiger partial charge in [0.1, 0.15) is 12.4 Å². The summed E-state index contributed by atoms with van der Waals surface area (Å²) in [6.45, 7) is 0.691. The van der Waals surface area contributed by atoms with Gasteiger partial charge in [-0.05, 0) is 18.2 Å². The molecule has 0 saturated heterocycles. The van der Waals surface area contributed by atoms with Crippen molar-refractivity contribution in [2.24, 2.45) is 0 Å². The molecule has 1 N–H and O–H groups in total. The van der Waals surface area contributed by atoms with Crippen molar-refractivity contribution >= 4 is 33.5 Å². The van der Waals surface area contributed by atoms with E-state index in [-0.39, 0.29) is 5.69 Å². The summed E-state index contributed by atoms with van der Waals surface area (Å²) in [6, 6.07) is 5.30. The third-order valence-electron chi connectivity index (χ3n) is 2.23. The van der Waals surface area contributed by atoms with Crippen LogP contribution < -0.4 is 4.74 Å². The zero-order valence-corrected chi connectivity index (χ0v) is 11.9. The highest BCUT2D eigenvalue weighted by Gasteiger charge is 2.08. The Bertz CT molecular complexity index is 603. The SMILES string of the molecule is O=C(O)c1cn(CCOc2ccc(Br)cc2Cl)nn1. The number of benzene rings is 1. The van der Waals surface area contributed by atoms with Gasteiger partial charge < -0.3 is 9.84 Å². The minimum Gasteiger partial charge on any atom is -0.490 e. The molecular weight excluding hydrogens is 337 g/mol. The third-order valence-corrected chi connectivity index (χ3v) is 3.02. The van der Waals surface area contributed by atoms with Crippen molar-refractivity contribution in [1.29, 1.82) is 0 Å². The lowest BCUT2D eigenvalue weighted by molar-refractivity contribution is 0.0690. The molecule has 0 bridgehead atoms. The maximum absolute atomic E-state index is 10.6. The van der Waals surface area contributed by atoms with Gasteiger partial charge >= 0.3 is 5.97 Å². The van der Waals surface area contributed by atoms with E-state index < -0.39 is 5.97 Å². The van der Waals surface area contributed by atoms with Gasteiger partial charge in [0.05, 0.1) is 17.8 Å². The van der Waals surface area contributed by atoms with E-state index in [9.17, 15) is 4.79 Å². The van der Waals surface area contributed by atoms with Crippen LogP contribution in [-0.2, 0) is 6.54 Å². The van der Waals surface area contributed by atoms with Crippen LogP contribution in [0.2, 0.25) is 5.02 Å². The monoisotopic (exact) mass is 345 g/mol. The molecule has 1 heterocycles. The van der Waals surface area contributed by atoms with Crippen molar-refractivity contribution in [2.45, 2.75) is 6.54 Å². The van der Waals surface area contributed by atoms with E-state index in [2.05, 4.69) is 26.2 Å². The van der Waals surface area contributed by atoms with Gasteiger partial charge in [-0.25, -0.2) is 9.48 Å². The maximum Gasteiger partial charge on any atom is 0.358 e. The van der Waals surface area contributed by atoms with Crippen molar-refractivity contribution in [3.63, 3.8) is 0 Å². The first-order valence-corrected chi connectivity index (χ1v) is 6.44.